The molecule has 2 unspecified atom stereocenters. The summed E-state index contributed by atoms with van der Waals surface area (Å²) < 4.78 is 4.70. The van der Waals surface area contributed by atoms with Gasteiger partial charge in [-0.1, -0.05) is 0 Å². The third-order valence-electron chi connectivity index (χ3n) is 1.37. The topological polar surface area (TPSA) is 69.9 Å². The molecule has 63 valence electrons. The van der Waals surface area contributed by atoms with Crippen LogP contribution in [-0.4, -0.2) is 46.8 Å². The second-order valence-corrected chi connectivity index (χ2v) is 2.16. The minimum Gasteiger partial charge on any atom is -0.388 e. The molecule has 3 radical (unpaired) electrons. The summed E-state index contributed by atoms with van der Waals surface area (Å²) in [6.45, 7) is 0.219. The molecule has 1 saturated heterocycles. The molecule has 1 aliphatic rings. The van der Waals surface area contributed by atoms with E-state index < -0.39 is 18.3 Å². The van der Waals surface area contributed by atoms with Gasteiger partial charge in [0.1, 0.15) is 18.3 Å². The van der Waals surface area contributed by atoms with Gasteiger partial charge in [-0.05, 0) is 0 Å². The first-order valence-corrected chi connectivity index (χ1v) is 2.84. The number of hydrogen-bond donors (Lipinski definition) is 3. The molecule has 0 aromatic carbocycles. The molecule has 0 aliphatic carbocycles. The molecule has 2 atom stereocenters. The predicted molar refractivity (Wildman–Crippen MR) is 28.8 cm³/mol. The van der Waals surface area contributed by atoms with Gasteiger partial charge in [0.2, 0.25) is 0 Å². The van der Waals surface area contributed by atoms with E-state index in [-0.39, 0.29) is 145 Å². The molecular formula is C5H10Ac3O4. The third kappa shape index (κ3) is 7.44. The normalized spacial score (nSPS) is 33.8. The van der Waals surface area contributed by atoms with Crippen LogP contribution >= 0.6 is 0 Å². The van der Waals surface area contributed by atoms with Crippen molar-refractivity contribution >= 4 is 0 Å². The van der Waals surface area contributed by atoms with Gasteiger partial charge in [-0.15, -0.1) is 0 Å². The molecule has 1 rings (SSSR count). The Balaban J connectivity index is -0.000000270. The summed E-state index contributed by atoms with van der Waals surface area (Å²) in [7, 11) is 0. The molecule has 1 heterocycles. The molecule has 1 fully saturated rings. The van der Waals surface area contributed by atoms with Gasteiger partial charge in [0, 0.05) is 132 Å². The Morgan fingerprint density at radius 3 is 1.42 bits per heavy atom. The van der Waals surface area contributed by atoms with Crippen molar-refractivity contribution in [1.29, 1.82) is 0 Å². The van der Waals surface area contributed by atoms with E-state index in [1.54, 1.807) is 0 Å². The van der Waals surface area contributed by atoms with Crippen LogP contribution in [0.1, 0.15) is 0 Å². The van der Waals surface area contributed by atoms with Crippen molar-refractivity contribution in [3.8, 4) is 0 Å². The van der Waals surface area contributed by atoms with E-state index in [1.165, 1.54) is 0 Å². The van der Waals surface area contributed by atoms with Crippen molar-refractivity contribution in [2.75, 3.05) is 13.2 Å². The number of rotatable bonds is 0. The smallest absolute Gasteiger partial charge is 0.110 e. The van der Waals surface area contributed by atoms with Crippen LogP contribution in [-0.2, 0) is 4.74 Å². The Bertz CT molecular complexity index is 94.7. The molecular weight excluding hydrogens is 805 g/mol. The van der Waals surface area contributed by atoms with Gasteiger partial charge >= 0.3 is 0 Å². The van der Waals surface area contributed by atoms with Crippen molar-refractivity contribution in [1.82, 2.24) is 0 Å². The Morgan fingerprint density at radius 1 is 0.833 bits per heavy atom. The summed E-state index contributed by atoms with van der Waals surface area (Å²) in [6, 6.07) is 0. The monoisotopic (exact) mass is 815 g/mol. The standard InChI is InChI=1S/C5H10O4.3Ac/c6-3-1-9-2-4(7)5(3)8;;;/h3-8H,1-2H2;;;. The molecule has 7 heteroatoms. The Kier molecular flexibility index (Phi) is 20.8. The molecule has 1 aliphatic heterocycles. The van der Waals surface area contributed by atoms with Gasteiger partial charge in [0.25, 0.3) is 0 Å². The first-order valence-electron chi connectivity index (χ1n) is 2.84. The summed E-state index contributed by atoms with van der Waals surface area (Å²) in [5, 5.41) is 26.5. The van der Waals surface area contributed by atoms with Crippen molar-refractivity contribution < 1.29 is 152 Å². The van der Waals surface area contributed by atoms with Crippen LogP contribution in [0, 0.1) is 132 Å². The van der Waals surface area contributed by atoms with Crippen LogP contribution in [0.2, 0.25) is 0 Å². The molecule has 12 heavy (non-hydrogen) atoms. The average Bonchev–Trinajstić information content (AvgIpc) is 1.83. The largest absolute Gasteiger partial charge is 0.388 e. The number of aliphatic hydroxyl groups is 3. The number of aliphatic hydroxyl groups excluding tert-OH is 3. The Morgan fingerprint density at radius 2 is 1.17 bits per heavy atom. The van der Waals surface area contributed by atoms with Crippen molar-refractivity contribution in [2.45, 2.75) is 18.3 Å². The molecule has 0 spiro atoms. The molecule has 0 bridgehead atoms. The van der Waals surface area contributed by atoms with Crippen molar-refractivity contribution in [3.63, 3.8) is 0 Å². The molecule has 4 nitrogen and oxygen atoms in total. The first-order chi connectivity index (χ1) is 4.22. The zero-order valence-corrected chi connectivity index (χ0v) is 20.9. The molecule has 0 aromatic rings. The van der Waals surface area contributed by atoms with E-state index in [4.69, 9.17) is 20.1 Å². The molecule has 0 saturated carbocycles. The van der Waals surface area contributed by atoms with E-state index in [0.29, 0.717) is 0 Å². The van der Waals surface area contributed by atoms with Crippen molar-refractivity contribution in [2.24, 2.45) is 0 Å². The summed E-state index contributed by atoms with van der Waals surface area (Å²) in [4.78, 5) is 0. The van der Waals surface area contributed by atoms with E-state index in [9.17, 15) is 0 Å². The fraction of sp³-hybridized carbons (Fsp3) is 1.00. The Hall–Kier alpha value is 4.16. The van der Waals surface area contributed by atoms with Gasteiger partial charge < -0.3 is 20.1 Å². The van der Waals surface area contributed by atoms with Gasteiger partial charge in [-0.3, -0.25) is 0 Å². The van der Waals surface area contributed by atoms with Gasteiger partial charge in [0.15, 0.2) is 0 Å². The zero-order valence-electron chi connectivity index (χ0n) is 6.63. The average molecular weight is 815 g/mol. The van der Waals surface area contributed by atoms with Crippen molar-refractivity contribution in [3.05, 3.63) is 0 Å². The van der Waals surface area contributed by atoms with E-state index >= 15 is 0 Å². The zero-order chi connectivity index (χ0) is 6.85. The molecule has 3 N–H and O–H groups in total. The summed E-state index contributed by atoms with van der Waals surface area (Å²) in [6.07, 6.45) is -2.92. The fourth-order valence-electron chi connectivity index (χ4n) is 0.763. The summed E-state index contributed by atoms with van der Waals surface area (Å²) >= 11 is 0. The summed E-state index contributed by atoms with van der Waals surface area (Å²) in [5.41, 5.74) is 0. The SMILES string of the molecule is OC1COCC(O)C1O.[Ac].[Ac].[Ac]. The Labute approximate surface area is 179 Å². The van der Waals surface area contributed by atoms with E-state index in [1.807, 2.05) is 0 Å². The van der Waals surface area contributed by atoms with Gasteiger partial charge in [-0.25, -0.2) is 0 Å². The first kappa shape index (κ1) is 21.4. The quantitative estimate of drug-likeness (QED) is 0.268. The summed E-state index contributed by atoms with van der Waals surface area (Å²) in [5.74, 6) is 0. The fourth-order valence-corrected chi connectivity index (χ4v) is 0.763. The molecule has 0 aromatic heterocycles. The van der Waals surface area contributed by atoms with Gasteiger partial charge in [0.05, 0.1) is 13.2 Å². The van der Waals surface area contributed by atoms with Crippen LogP contribution < -0.4 is 0 Å². The maximum absolute atomic E-state index is 8.87. The maximum atomic E-state index is 8.87. The van der Waals surface area contributed by atoms with E-state index in [0.717, 1.165) is 0 Å². The maximum Gasteiger partial charge on any atom is 0.110 e. The minimum absolute atomic E-state index is 0. The van der Waals surface area contributed by atoms with Crippen LogP contribution in [0.15, 0.2) is 0 Å². The molecule has 0 amide bonds. The van der Waals surface area contributed by atoms with Crippen LogP contribution in [0.5, 0.6) is 0 Å². The second kappa shape index (κ2) is 11.6. The third-order valence-corrected chi connectivity index (χ3v) is 1.37. The number of hydrogen-bond acceptors (Lipinski definition) is 4. The number of ether oxygens (including phenoxy) is 1. The minimum atomic E-state index is -1.04. The van der Waals surface area contributed by atoms with Crippen LogP contribution in [0.3, 0.4) is 0 Å². The second-order valence-electron chi connectivity index (χ2n) is 2.16. The van der Waals surface area contributed by atoms with Crippen LogP contribution in [0.25, 0.3) is 0 Å². The van der Waals surface area contributed by atoms with Gasteiger partial charge in [-0.2, -0.15) is 0 Å². The van der Waals surface area contributed by atoms with E-state index in [2.05, 4.69) is 0 Å². The van der Waals surface area contributed by atoms with Crippen LogP contribution in [0.4, 0.5) is 0 Å². The predicted octanol–water partition coefficient (Wildman–Crippen LogP) is -1.90.